The standard InChI is InChI=1S/C22H23N5O3S/c1-4-19-23-20(30-26-19)14-31-22-25-24-21(15-7-6-8-18(13-15)28-3)27(22)16-9-11-17(12-10-16)29-5-2/h6-13H,4-5,14H2,1-3H3. The number of rotatable bonds is 9. The minimum atomic E-state index is 0.500. The molecule has 4 aromatic rings. The summed E-state index contributed by atoms with van der Waals surface area (Å²) in [5, 5.41) is 13.6. The molecule has 0 unspecified atom stereocenters. The van der Waals surface area contributed by atoms with E-state index in [0.29, 0.717) is 29.9 Å². The second-order valence-corrected chi connectivity index (χ2v) is 7.49. The van der Waals surface area contributed by atoms with Gasteiger partial charge in [0.15, 0.2) is 16.8 Å². The lowest BCUT2D eigenvalue weighted by Gasteiger charge is -2.11. The molecule has 4 rings (SSSR count). The van der Waals surface area contributed by atoms with Gasteiger partial charge in [-0.2, -0.15) is 4.98 Å². The van der Waals surface area contributed by atoms with E-state index in [1.807, 2.05) is 66.9 Å². The summed E-state index contributed by atoms with van der Waals surface area (Å²) >= 11 is 1.49. The van der Waals surface area contributed by atoms with Crippen molar-refractivity contribution in [3.05, 3.63) is 60.2 Å². The van der Waals surface area contributed by atoms with E-state index in [-0.39, 0.29) is 0 Å². The molecule has 0 bridgehead atoms. The van der Waals surface area contributed by atoms with E-state index in [4.69, 9.17) is 14.0 Å². The van der Waals surface area contributed by atoms with Crippen molar-refractivity contribution in [2.24, 2.45) is 0 Å². The maximum Gasteiger partial charge on any atom is 0.237 e. The maximum atomic E-state index is 5.58. The predicted molar refractivity (Wildman–Crippen MR) is 118 cm³/mol. The van der Waals surface area contributed by atoms with Crippen molar-refractivity contribution < 1.29 is 14.0 Å². The molecular formula is C22H23N5O3S. The highest BCUT2D eigenvalue weighted by Crippen LogP contribution is 2.31. The molecule has 2 heterocycles. The fraction of sp³-hybridized carbons (Fsp3) is 0.273. The molecule has 0 spiro atoms. The fourth-order valence-electron chi connectivity index (χ4n) is 3.02. The zero-order valence-electron chi connectivity index (χ0n) is 17.6. The van der Waals surface area contributed by atoms with E-state index in [0.717, 1.165) is 34.3 Å². The largest absolute Gasteiger partial charge is 0.497 e. The number of ether oxygens (including phenoxy) is 2. The number of benzene rings is 2. The lowest BCUT2D eigenvalue weighted by Crippen LogP contribution is -2.00. The van der Waals surface area contributed by atoms with Gasteiger partial charge in [-0.1, -0.05) is 36.0 Å². The number of hydrogen-bond acceptors (Lipinski definition) is 8. The molecule has 2 aromatic carbocycles. The third-order valence-corrected chi connectivity index (χ3v) is 5.43. The first-order valence-electron chi connectivity index (χ1n) is 9.99. The SMILES string of the molecule is CCOc1ccc(-n2c(SCc3nc(CC)no3)nnc2-c2cccc(OC)c2)cc1. The number of methoxy groups -OCH3 is 1. The van der Waals surface area contributed by atoms with Crippen LogP contribution < -0.4 is 9.47 Å². The van der Waals surface area contributed by atoms with Gasteiger partial charge in [-0.25, -0.2) is 0 Å². The minimum absolute atomic E-state index is 0.500. The average Bonchev–Trinajstić information content (AvgIpc) is 3.45. The van der Waals surface area contributed by atoms with Crippen LogP contribution in [0.15, 0.2) is 58.2 Å². The van der Waals surface area contributed by atoms with Crippen molar-refractivity contribution in [3.63, 3.8) is 0 Å². The van der Waals surface area contributed by atoms with Crippen LogP contribution in [0.5, 0.6) is 11.5 Å². The van der Waals surface area contributed by atoms with Crippen LogP contribution in [0.3, 0.4) is 0 Å². The van der Waals surface area contributed by atoms with Gasteiger partial charge < -0.3 is 14.0 Å². The Kier molecular flexibility index (Phi) is 6.51. The first-order valence-corrected chi connectivity index (χ1v) is 11.0. The first-order chi connectivity index (χ1) is 15.2. The zero-order chi connectivity index (χ0) is 21.6. The first kappa shape index (κ1) is 20.9. The van der Waals surface area contributed by atoms with Crippen LogP contribution in [-0.2, 0) is 12.2 Å². The van der Waals surface area contributed by atoms with Gasteiger partial charge >= 0.3 is 0 Å². The summed E-state index contributed by atoms with van der Waals surface area (Å²) < 4.78 is 18.3. The molecule has 31 heavy (non-hydrogen) atoms. The summed E-state index contributed by atoms with van der Waals surface area (Å²) in [7, 11) is 1.65. The molecule has 0 fully saturated rings. The van der Waals surface area contributed by atoms with Gasteiger partial charge in [0.2, 0.25) is 5.89 Å². The molecule has 0 aliphatic carbocycles. The number of thioether (sulfide) groups is 1. The molecule has 0 aliphatic heterocycles. The van der Waals surface area contributed by atoms with Crippen LogP contribution in [0.25, 0.3) is 17.1 Å². The monoisotopic (exact) mass is 437 g/mol. The lowest BCUT2D eigenvalue weighted by atomic mass is 10.2. The van der Waals surface area contributed by atoms with Crippen molar-refractivity contribution in [2.75, 3.05) is 13.7 Å². The molecule has 0 atom stereocenters. The number of aryl methyl sites for hydroxylation is 1. The van der Waals surface area contributed by atoms with E-state index < -0.39 is 0 Å². The summed E-state index contributed by atoms with van der Waals surface area (Å²) in [5.41, 5.74) is 1.83. The average molecular weight is 438 g/mol. The van der Waals surface area contributed by atoms with Crippen molar-refractivity contribution in [2.45, 2.75) is 31.2 Å². The fourth-order valence-corrected chi connectivity index (χ4v) is 3.81. The molecule has 0 saturated heterocycles. The normalized spacial score (nSPS) is 10.9. The third-order valence-electron chi connectivity index (χ3n) is 4.52. The smallest absolute Gasteiger partial charge is 0.237 e. The summed E-state index contributed by atoms with van der Waals surface area (Å²) in [6, 6.07) is 15.6. The summed E-state index contributed by atoms with van der Waals surface area (Å²) in [5.74, 6) is 4.04. The Bertz CT molecular complexity index is 1140. The van der Waals surface area contributed by atoms with Crippen molar-refractivity contribution >= 4 is 11.8 Å². The molecule has 0 N–H and O–H groups in total. The Morgan fingerprint density at radius 1 is 1.03 bits per heavy atom. The Morgan fingerprint density at radius 2 is 1.87 bits per heavy atom. The molecule has 8 nitrogen and oxygen atoms in total. The highest BCUT2D eigenvalue weighted by molar-refractivity contribution is 7.98. The van der Waals surface area contributed by atoms with Gasteiger partial charge in [-0.05, 0) is 43.3 Å². The summed E-state index contributed by atoms with van der Waals surface area (Å²) in [6.45, 7) is 4.57. The number of aromatic nitrogens is 5. The van der Waals surface area contributed by atoms with Gasteiger partial charge in [0.05, 0.1) is 19.5 Å². The molecular weight excluding hydrogens is 414 g/mol. The number of nitrogens with zero attached hydrogens (tertiary/aromatic N) is 5. The highest BCUT2D eigenvalue weighted by atomic mass is 32.2. The van der Waals surface area contributed by atoms with Crippen LogP contribution in [0, 0.1) is 0 Å². The van der Waals surface area contributed by atoms with Gasteiger partial charge in [-0.3, -0.25) is 4.57 Å². The van der Waals surface area contributed by atoms with E-state index in [1.165, 1.54) is 11.8 Å². The molecule has 0 saturated carbocycles. The highest BCUT2D eigenvalue weighted by Gasteiger charge is 2.18. The minimum Gasteiger partial charge on any atom is -0.497 e. The zero-order valence-corrected chi connectivity index (χ0v) is 18.4. The third kappa shape index (κ3) is 4.72. The van der Waals surface area contributed by atoms with Gasteiger partial charge in [-0.15, -0.1) is 10.2 Å². The van der Waals surface area contributed by atoms with Gasteiger partial charge in [0, 0.05) is 17.7 Å². The molecule has 0 aliphatic rings. The van der Waals surface area contributed by atoms with E-state index >= 15 is 0 Å². The van der Waals surface area contributed by atoms with E-state index in [1.54, 1.807) is 7.11 Å². The van der Waals surface area contributed by atoms with Crippen molar-refractivity contribution in [1.29, 1.82) is 0 Å². The summed E-state index contributed by atoms with van der Waals surface area (Å²) in [6.07, 6.45) is 0.733. The lowest BCUT2D eigenvalue weighted by molar-refractivity contribution is 0.340. The van der Waals surface area contributed by atoms with Crippen molar-refractivity contribution in [3.8, 4) is 28.6 Å². The van der Waals surface area contributed by atoms with Crippen LogP contribution in [-0.4, -0.2) is 38.6 Å². The van der Waals surface area contributed by atoms with E-state index in [2.05, 4.69) is 20.3 Å². The Morgan fingerprint density at radius 3 is 2.58 bits per heavy atom. The number of hydrogen-bond donors (Lipinski definition) is 0. The van der Waals surface area contributed by atoms with Crippen LogP contribution in [0.1, 0.15) is 25.6 Å². The Labute approximate surface area is 184 Å². The maximum absolute atomic E-state index is 5.58. The molecule has 2 aromatic heterocycles. The molecule has 160 valence electrons. The Balaban J connectivity index is 1.71. The molecule has 0 amide bonds. The van der Waals surface area contributed by atoms with Crippen LogP contribution >= 0.6 is 11.8 Å². The van der Waals surface area contributed by atoms with Gasteiger partial charge in [0.25, 0.3) is 0 Å². The second-order valence-electron chi connectivity index (χ2n) is 6.55. The van der Waals surface area contributed by atoms with E-state index in [9.17, 15) is 0 Å². The predicted octanol–water partition coefficient (Wildman–Crippen LogP) is 4.58. The quantitative estimate of drug-likeness (QED) is 0.352. The van der Waals surface area contributed by atoms with Crippen LogP contribution in [0.4, 0.5) is 0 Å². The molecule has 0 radical (unpaired) electrons. The second kappa shape index (κ2) is 9.65. The van der Waals surface area contributed by atoms with Crippen LogP contribution in [0.2, 0.25) is 0 Å². The summed E-state index contributed by atoms with van der Waals surface area (Å²) in [4.78, 5) is 4.38. The Hall–Kier alpha value is -3.33. The molecule has 9 heteroatoms. The topological polar surface area (TPSA) is 88.1 Å². The van der Waals surface area contributed by atoms with Crippen molar-refractivity contribution in [1.82, 2.24) is 24.9 Å². The van der Waals surface area contributed by atoms with Gasteiger partial charge in [0.1, 0.15) is 11.5 Å².